The van der Waals surface area contributed by atoms with Gasteiger partial charge in [0.15, 0.2) is 12.1 Å². The zero-order chi connectivity index (χ0) is 19.3. The highest BCUT2D eigenvalue weighted by Crippen LogP contribution is 2.45. The number of H-pyrrole nitrogens is 2. The summed E-state index contributed by atoms with van der Waals surface area (Å²) >= 11 is 0. The molecule has 4 atom stereocenters. The Bertz CT molecular complexity index is 1090. The fourth-order valence-corrected chi connectivity index (χ4v) is 4.46. The number of aryl methyl sites for hydroxylation is 1. The number of aromatic amines is 2. The monoisotopic (exact) mass is 376 g/mol. The molecular weight excluding hydrogens is 354 g/mol. The second-order valence-electron chi connectivity index (χ2n) is 7.59. The van der Waals surface area contributed by atoms with Gasteiger partial charge in [0.2, 0.25) is 11.4 Å². The first-order valence-electron chi connectivity index (χ1n) is 9.43. The lowest BCUT2D eigenvalue weighted by atomic mass is 9.88. The highest BCUT2D eigenvalue weighted by molar-refractivity contribution is 5.84. The Balaban J connectivity index is 1.49. The first kappa shape index (κ1) is 16.7. The smallest absolute Gasteiger partial charge is 0.307 e. The van der Waals surface area contributed by atoms with E-state index < -0.39 is 0 Å². The fourth-order valence-electron chi connectivity index (χ4n) is 4.46. The SMILES string of the molecule is Cc1cccc(Nc2nc(NC3C4C=CC(C4)C3C(N)=O)c3[nH]c[nH+]c3n2)c1. The molecule has 5 rings (SSSR count). The van der Waals surface area contributed by atoms with E-state index in [-0.39, 0.29) is 29.7 Å². The van der Waals surface area contributed by atoms with Crippen molar-refractivity contribution in [3.05, 3.63) is 48.3 Å². The molecular formula is C20H22N7O+. The molecule has 8 nitrogen and oxygen atoms in total. The number of rotatable bonds is 5. The zero-order valence-electron chi connectivity index (χ0n) is 15.4. The van der Waals surface area contributed by atoms with Gasteiger partial charge in [0, 0.05) is 11.7 Å². The number of nitrogens with two attached hydrogens (primary N) is 1. The van der Waals surface area contributed by atoms with Crippen LogP contribution in [-0.4, -0.2) is 26.9 Å². The number of anilines is 3. The van der Waals surface area contributed by atoms with Gasteiger partial charge in [0.1, 0.15) is 0 Å². The van der Waals surface area contributed by atoms with E-state index in [4.69, 9.17) is 5.73 Å². The maximum absolute atomic E-state index is 12.0. The number of imidazole rings is 1. The molecule has 6 N–H and O–H groups in total. The average Bonchev–Trinajstić information content (AvgIpc) is 3.37. The van der Waals surface area contributed by atoms with Crippen LogP contribution in [0.3, 0.4) is 0 Å². The molecule has 1 amide bonds. The van der Waals surface area contributed by atoms with Crippen molar-refractivity contribution in [1.29, 1.82) is 0 Å². The minimum Gasteiger partial charge on any atom is -0.369 e. The van der Waals surface area contributed by atoms with Crippen molar-refractivity contribution in [1.82, 2.24) is 15.0 Å². The van der Waals surface area contributed by atoms with Crippen LogP contribution >= 0.6 is 0 Å². The lowest BCUT2D eigenvalue weighted by Crippen LogP contribution is -2.41. The number of fused-ring (bicyclic) bond motifs is 3. The molecule has 8 heteroatoms. The van der Waals surface area contributed by atoms with Gasteiger partial charge in [-0.15, -0.1) is 0 Å². The Labute approximate surface area is 161 Å². The second kappa shape index (κ2) is 6.33. The highest BCUT2D eigenvalue weighted by Gasteiger charge is 2.47. The van der Waals surface area contributed by atoms with Gasteiger partial charge in [0.25, 0.3) is 0 Å². The third kappa shape index (κ3) is 2.77. The second-order valence-corrected chi connectivity index (χ2v) is 7.59. The predicted molar refractivity (Wildman–Crippen MR) is 106 cm³/mol. The van der Waals surface area contributed by atoms with Crippen molar-refractivity contribution >= 4 is 34.5 Å². The average molecular weight is 376 g/mol. The topological polar surface area (TPSA) is 123 Å². The van der Waals surface area contributed by atoms with Gasteiger partial charge >= 0.3 is 11.6 Å². The normalized spacial score (nSPS) is 25.3. The molecule has 2 aliphatic carbocycles. The van der Waals surface area contributed by atoms with Crippen molar-refractivity contribution in [2.24, 2.45) is 23.5 Å². The molecule has 142 valence electrons. The number of amides is 1. The van der Waals surface area contributed by atoms with Crippen molar-refractivity contribution in [3.8, 4) is 0 Å². The molecule has 1 aromatic carbocycles. The van der Waals surface area contributed by atoms with E-state index in [2.05, 4.69) is 42.7 Å². The number of carbonyl (C=O) groups is 1. The minimum atomic E-state index is -0.268. The Morgan fingerprint density at radius 1 is 1.29 bits per heavy atom. The van der Waals surface area contributed by atoms with Crippen LogP contribution in [0.15, 0.2) is 42.7 Å². The lowest BCUT2D eigenvalue weighted by molar-refractivity contribution is -0.347. The summed E-state index contributed by atoms with van der Waals surface area (Å²) in [4.78, 5) is 27.5. The summed E-state index contributed by atoms with van der Waals surface area (Å²) in [6.07, 6.45) is 6.95. The molecule has 2 aliphatic rings. The van der Waals surface area contributed by atoms with Crippen LogP contribution in [0.5, 0.6) is 0 Å². The lowest BCUT2D eigenvalue weighted by Gasteiger charge is -2.26. The van der Waals surface area contributed by atoms with E-state index >= 15 is 0 Å². The number of primary amides is 1. The number of nitrogens with one attached hydrogen (secondary N) is 4. The van der Waals surface area contributed by atoms with Crippen molar-refractivity contribution in [2.45, 2.75) is 19.4 Å². The van der Waals surface area contributed by atoms with Gasteiger partial charge in [0.05, 0.1) is 5.92 Å². The minimum absolute atomic E-state index is 0.0688. The highest BCUT2D eigenvalue weighted by atomic mass is 16.1. The number of hydrogen-bond donors (Lipinski definition) is 4. The van der Waals surface area contributed by atoms with Gasteiger partial charge in [-0.25, -0.2) is 4.98 Å². The molecule has 2 bridgehead atoms. The number of benzene rings is 1. The van der Waals surface area contributed by atoms with Crippen molar-refractivity contribution in [3.63, 3.8) is 0 Å². The summed E-state index contributed by atoms with van der Waals surface area (Å²) in [7, 11) is 0. The number of nitrogens with zero attached hydrogens (tertiary/aromatic N) is 2. The summed E-state index contributed by atoms with van der Waals surface area (Å²) < 4.78 is 0. The molecule has 0 spiro atoms. The molecule has 1 saturated carbocycles. The molecule has 1 fully saturated rings. The molecule has 2 aromatic heterocycles. The first-order chi connectivity index (χ1) is 13.6. The Hall–Kier alpha value is -3.42. The maximum atomic E-state index is 12.0. The van der Waals surface area contributed by atoms with Gasteiger partial charge < -0.3 is 16.4 Å². The van der Waals surface area contributed by atoms with Gasteiger partial charge in [-0.05, 0) is 42.9 Å². The number of aromatic nitrogens is 4. The van der Waals surface area contributed by atoms with Crippen LogP contribution in [0.25, 0.3) is 11.2 Å². The van der Waals surface area contributed by atoms with Gasteiger partial charge in [-0.3, -0.25) is 9.78 Å². The summed E-state index contributed by atoms with van der Waals surface area (Å²) in [5, 5.41) is 6.73. The molecule has 4 unspecified atom stereocenters. The molecule has 3 aromatic rings. The van der Waals surface area contributed by atoms with Crippen molar-refractivity contribution < 1.29 is 9.78 Å². The third-order valence-electron chi connectivity index (χ3n) is 5.70. The quantitative estimate of drug-likeness (QED) is 0.507. The van der Waals surface area contributed by atoms with Crippen LogP contribution in [0.2, 0.25) is 0 Å². The predicted octanol–water partition coefficient (Wildman–Crippen LogP) is 1.91. The number of hydrogen-bond acceptors (Lipinski definition) is 5. The number of carbonyl (C=O) groups excluding carboxylic acids is 1. The summed E-state index contributed by atoms with van der Waals surface area (Å²) in [5.41, 5.74) is 9.21. The first-order valence-corrected chi connectivity index (χ1v) is 9.43. The van der Waals surface area contributed by atoms with E-state index in [0.29, 0.717) is 17.4 Å². The van der Waals surface area contributed by atoms with Crippen LogP contribution in [0.1, 0.15) is 12.0 Å². The van der Waals surface area contributed by atoms with Crippen LogP contribution in [0.4, 0.5) is 17.5 Å². The number of allylic oxidation sites excluding steroid dienone is 1. The maximum Gasteiger partial charge on any atom is 0.307 e. The molecule has 2 heterocycles. The standard InChI is InChI=1S/C20H21N7O/c1-10-3-2-4-13(7-10)24-20-26-18-16(22-9-23-18)19(27-20)25-15-12-6-5-11(8-12)14(15)17(21)28/h2-7,9,11-12,14-15H,8H2,1H3,(H2,21,28)(H3,22,23,24,25,26,27)/p+1. The molecule has 0 radical (unpaired) electrons. The Morgan fingerprint density at radius 2 is 2.14 bits per heavy atom. The summed E-state index contributed by atoms with van der Waals surface area (Å²) in [5.74, 6) is 1.12. The zero-order valence-corrected chi connectivity index (χ0v) is 15.4. The van der Waals surface area contributed by atoms with Gasteiger partial charge in [-0.1, -0.05) is 29.3 Å². The third-order valence-corrected chi connectivity index (χ3v) is 5.70. The molecule has 0 saturated heterocycles. The van der Waals surface area contributed by atoms with E-state index in [9.17, 15) is 4.79 Å². The Morgan fingerprint density at radius 3 is 2.96 bits per heavy atom. The molecule has 28 heavy (non-hydrogen) atoms. The van der Waals surface area contributed by atoms with E-state index in [1.165, 1.54) is 0 Å². The van der Waals surface area contributed by atoms with Crippen molar-refractivity contribution in [2.75, 3.05) is 10.6 Å². The van der Waals surface area contributed by atoms with E-state index in [0.717, 1.165) is 23.2 Å². The van der Waals surface area contributed by atoms with Gasteiger partial charge in [-0.2, -0.15) is 4.98 Å². The summed E-state index contributed by atoms with van der Waals surface area (Å²) in [6, 6.07) is 7.95. The Kier molecular flexibility index (Phi) is 3.78. The summed E-state index contributed by atoms with van der Waals surface area (Å²) in [6.45, 7) is 2.04. The van der Waals surface area contributed by atoms with Crippen LogP contribution < -0.4 is 21.4 Å². The largest absolute Gasteiger partial charge is 0.369 e. The van der Waals surface area contributed by atoms with Crippen LogP contribution in [0, 0.1) is 24.7 Å². The van der Waals surface area contributed by atoms with E-state index in [1.807, 2.05) is 31.2 Å². The molecule has 0 aliphatic heterocycles. The fraction of sp³-hybridized carbons (Fsp3) is 0.300. The van der Waals surface area contributed by atoms with E-state index in [1.54, 1.807) is 6.33 Å². The van der Waals surface area contributed by atoms with Crippen LogP contribution in [-0.2, 0) is 4.79 Å².